The van der Waals surface area contributed by atoms with Crippen LogP contribution in [0.3, 0.4) is 0 Å². The van der Waals surface area contributed by atoms with E-state index in [1.807, 2.05) is 41.9 Å². The van der Waals surface area contributed by atoms with Gasteiger partial charge in [-0.1, -0.05) is 69.7 Å². The third kappa shape index (κ3) is 4.16. The number of anilines is 1. The number of hydrogen-bond acceptors (Lipinski definition) is 4. The predicted molar refractivity (Wildman–Crippen MR) is 119 cm³/mol. The standard InChI is InChI=1S/C22H20BrN3O2S/c1-13-5-3-6-14(9-13)12-29-22-25-21(28)19-17(15-7-4-8-16(23)10-15)11-18(27)24-20(19)26(22)2/h3-10,17H,11-12H2,1-2H3,(H,24,27). The number of carbonyl (C=O) groups excluding carboxylic acids is 1. The highest BCUT2D eigenvalue weighted by molar-refractivity contribution is 9.10. The Morgan fingerprint density at radius 1 is 1.21 bits per heavy atom. The molecule has 2 heterocycles. The third-order valence-electron chi connectivity index (χ3n) is 5.00. The smallest absolute Gasteiger partial charge is 0.279 e. The van der Waals surface area contributed by atoms with E-state index in [-0.39, 0.29) is 23.8 Å². The van der Waals surface area contributed by atoms with Gasteiger partial charge in [0, 0.05) is 29.6 Å². The monoisotopic (exact) mass is 469 g/mol. The molecule has 0 bridgehead atoms. The molecule has 1 amide bonds. The molecule has 5 nitrogen and oxygen atoms in total. The van der Waals surface area contributed by atoms with Crippen LogP contribution < -0.4 is 10.9 Å². The van der Waals surface area contributed by atoms with Crippen LogP contribution in [0.1, 0.15) is 34.6 Å². The second-order valence-corrected chi connectivity index (χ2v) is 9.02. The second-order valence-electron chi connectivity index (χ2n) is 7.16. The van der Waals surface area contributed by atoms with Crippen LogP contribution >= 0.6 is 27.7 Å². The van der Waals surface area contributed by atoms with Crippen molar-refractivity contribution in [2.75, 3.05) is 5.32 Å². The van der Waals surface area contributed by atoms with Gasteiger partial charge in [-0.15, -0.1) is 0 Å². The van der Waals surface area contributed by atoms with Crippen LogP contribution in [0.5, 0.6) is 0 Å². The highest BCUT2D eigenvalue weighted by Crippen LogP contribution is 2.36. The van der Waals surface area contributed by atoms with Gasteiger partial charge in [0.15, 0.2) is 5.16 Å². The first-order chi connectivity index (χ1) is 13.9. The van der Waals surface area contributed by atoms with E-state index in [4.69, 9.17) is 0 Å². The normalized spacial score (nSPS) is 15.7. The summed E-state index contributed by atoms with van der Waals surface area (Å²) in [6.45, 7) is 2.05. The van der Waals surface area contributed by atoms with Crippen molar-refractivity contribution in [2.45, 2.75) is 30.2 Å². The topological polar surface area (TPSA) is 64.0 Å². The Bertz CT molecular complexity index is 1160. The molecule has 0 radical (unpaired) electrons. The predicted octanol–water partition coefficient (Wildman–Crippen LogP) is 4.62. The van der Waals surface area contributed by atoms with Crippen molar-refractivity contribution >= 4 is 39.4 Å². The van der Waals surface area contributed by atoms with Gasteiger partial charge in [0.05, 0.1) is 5.56 Å². The molecular formula is C22H20BrN3O2S. The minimum absolute atomic E-state index is 0.0988. The maximum atomic E-state index is 13.0. The molecule has 0 saturated carbocycles. The molecule has 148 valence electrons. The van der Waals surface area contributed by atoms with Crippen LogP contribution in [-0.2, 0) is 17.6 Å². The lowest BCUT2D eigenvalue weighted by Crippen LogP contribution is -2.33. The van der Waals surface area contributed by atoms with Crippen molar-refractivity contribution in [3.8, 4) is 0 Å². The van der Waals surface area contributed by atoms with Crippen LogP contribution in [-0.4, -0.2) is 15.5 Å². The number of halogens is 1. The summed E-state index contributed by atoms with van der Waals surface area (Å²) < 4.78 is 2.73. The van der Waals surface area contributed by atoms with Gasteiger partial charge < -0.3 is 9.88 Å². The van der Waals surface area contributed by atoms with E-state index in [1.165, 1.54) is 17.3 Å². The number of benzene rings is 2. The average Bonchev–Trinajstić information content (AvgIpc) is 2.69. The average molecular weight is 470 g/mol. The first kappa shape index (κ1) is 19.9. The molecule has 0 spiro atoms. The summed E-state index contributed by atoms with van der Waals surface area (Å²) in [6.07, 6.45) is 0.232. The summed E-state index contributed by atoms with van der Waals surface area (Å²) in [4.78, 5) is 29.8. The Labute approximate surface area is 181 Å². The van der Waals surface area contributed by atoms with Crippen molar-refractivity contribution in [2.24, 2.45) is 7.05 Å². The Hall–Kier alpha value is -2.38. The largest absolute Gasteiger partial charge is 0.312 e. The summed E-state index contributed by atoms with van der Waals surface area (Å²) in [5.74, 6) is 0.832. The molecular weight excluding hydrogens is 450 g/mol. The van der Waals surface area contributed by atoms with Crippen LogP contribution in [0.15, 0.2) is 63.0 Å². The maximum Gasteiger partial charge on any atom is 0.279 e. The van der Waals surface area contributed by atoms with Crippen molar-refractivity contribution < 1.29 is 4.79 Å². The molecule has 1 N–H and O–H groups in total. The fourth-order valence-corrected chi connectivity index (χ4v) is 4.95. The summed E-state index contributed by atoms with van der Waals surface area (Å²) in [7, 11) is 1.84. The second kappa shape index (κ2) is 8.16. The number of thioether (sulfide) groups is 1. The van der Waals surface area contributed by atoms with Gasteiger partial charge in [-0.25, -0.2) is 0 Å². The highest BCUT2D eigenvalue weighted by atomic mass is 79.9. The molecule has 0 fully saturated rings. The van der Waals surface area contributed by atoms with E-state index in [2.05, 4.69) is 51.4 Å². The Morgan fingerprint density at radius 3 is 2.76 bits per heavy atom. The van der Waals surface area contributed by atoms with E-state index in [9.17, 15) is 9.59 Å². The van der Waals surface area contributed by atoms with Crippen LogP contribution in [0.2, 0.25) is 0 Å². The zero-order chi connectivity index (χ0) is 20.5. The van der Waals surface area contributed by atoms with Gasteiger partial charge in [0.1, 0.15) is 5.82 Å². The molecule has 1 atom stereocenters. The van der Waals surface area contributed by atoms with Gasteiger partial charge in [-0.3, -0.25) is 9.59 Å². The van der Waals surface area contributed by atoms with Crippen molar-refractivity contribution in [3.63, 3.8) is 0 Å². The van der Waals surface area contributed by atoms with Gasteiger partial charge in [0.25, 0.3) is 5.56 Å². The molecule has 29 heavy (non-hydrogen) atoms. The van der Waals surface area contributed by atoms with Crippen molar-refractivity contribution in [3.05, 3.63) is 85.6 Å². The first-order valence-corrected chi connectivity index (χ1v) is 11.0. The summed E-state index contributed by atoms with van der Waals surface area (Å²) in [6, 6.07) is 16.0. The Morgan fingerprint density at radius 2 is 2.00 bits per heavy atom. The Balaban J connectivity index is 1.72. The Kier molecular flexibility index (Phi) is 5.61. The van der Waals surface area contributed by atoms with Gasteiger partial charge >= 0.3 is 0 Å². The number of carbonyl (C=O) groups is 1. The van der Waals surface area contributed by atoms with E-state index < -0.39 is 0 Å². The molecule has 0 aliphatic carbocycles. The van der Waals surface area contributed by atoms with E-state index in [0.29, 0.717) is 22.3 Å². The number of aryl methyl sites for hydroxylation is 1. The minimum atomic E-state index is -0.307. The first-order valence-electron chi connectivity index (χ1n) is 9.27. The van der Waals surface area contributed by atoms with Crippen LogP contribution in [0, 0.1) is 6.92 Å². The zero-order valence-electron chi connectivity index (χ0n) is 16.1. The number of aromatic nitrogens is 2. The highest BCUT2D eigenvalue weighted by Gasteiger charge is 2.32. The quantitative estimate of drug-likeness (QED) is 0.447. The number of amides is 1. The van der Waals surface area contributed by atoms with Crippen molar-refractivity contribution in [1.82, 2.24) is 9.55 Å². The molecule has 1 aliphatic heterocycles. The molecule has 1 aromatic heterocycles. The summed E-state index contributed by atoms with van der Waals surface area (Å²) in [5.41, 5.74) is 3.55. The van der Waals surface area contributed by atoms with Gasteiger partial charge in [-0.2, -0.15) is 4.98 Å². The lowest BCUT2D eigenvalue weighted by molar-refractivity contribution is -0.116. The van der Waals surface area contributed by atoms with Crippen molar-refractivity contribution in [1.29, 1.82) is 0 Å². The SMILES string of the molecule is Cc1cccc(CSc2nc(=O)c3c(n2C)NC(=O)CC3c2cccc(Br)c2)c1. The van der Waals surface area contributed by atoms with Gasteiger partial charge in [0.2, 0.25) is 5.91 Å². The molecule has 7 heteroatoms. The minimum Gasteiger partial charge on any atom is -0.312 e. The van der Waals surface area contributed by atoms with Crippen LogP contribution in [0.25, 0.3) is 0 Å². The molecule has 1 unspecified atom stereocenters. The molecule has 4 rings (SSSR count). The number of nitrogens with zero attached hydrogens (tertiary/aromatic N) is 2. The van der Waals surface area contributed by atoms with E-state index in [1.54, 1.807) is 0 Å². The zero-order valence-corrected chi connectivity index (χ0v) is 18.5. The van der Waals surface area contributed by atoms with E-state index >= 15 is 0 Å². The lowest BCUT2D eigenvalue weighted by Gasteiger charge is -2.27. The summed E-state index contributed by atoms with van der Waals surface area (Å²) in [5, 5.41) is 3.48. The van der Waals surface area contributed by atoms with Gasteiger partial charge in [-0.05, 0) is 30.2 Å². The van der Waals surface area contributed by atoms with E-state index in [0.717, 1.165) is 15.6 Å². The number of nitrogens with one attached hydrogen (secondary N) is 1. The maximum absolute atomic E-state index is 13.0. The molecule has 2 aromatic carbocycles. The fraction of sp³-hybridized carbons (Fsp3) is 0.227. The lowest BCUT2D eigenvalue weighted by atomic mass is 9.87. The molecule has 3 aromatic rings. The third-order valence-corrected chi connectivity index (χ3v) is 6.60. The molecule has 1 aliphatic rings. The number of rotatable bonds is 4. The van der Waals surface area contributed by atoms with Crippen LogP contribution in [0.4, 0.5) is 5.82 Å². The molecule has 0 saturated heterocycles. The fourth-order valence-electron chi connectivity index (χ4n) is 3.62. The summed E-state index contributed by atoms with van der Waals surface area (Å²) >= 11 is 4.96. The number of fused-ring (bicyclic) bond motifs is 1. The number of hydrogen-bond donors (Lipinski definition) is 1.